The van der Waals surface area contributed by atoms with Gasteiger partial charge in [0.25, 0.3) is 0 Å². The van der Waals surface area contributed by atoms with Gasteiger partial charge in [-0.2, -0.15) is 0 Å². The van der Waals surface area contributed by atoms with Crippen molar-refractivity contribution < 1.29 is 4.79 Å². The molecule has 1 heterocycles. The molecule has 0 aromatic carbocycles. The molecular formula is C14H29N3O. The minimum Gasteiger partial charge on any atom is -0.350 e. The van der Waals surface area contributed by atoms with E-state index in [-0.39, 0.29) is 17.5 Å². The van der Waals surface area contributed by atoms with Crippen LogP contribution in [-0.2, 0) is 4.79 Å². The second kappa shape index (κ2) is 6.53. The Balaban J connectivity index is 2.39. The zero-order valence-corrected chi connectivity index (χ0v) is 12.5. The fraction of sp³-hybridized carbons (Fsp3) is 0.929. The molecule has 0 aromatic rings. The number of carbonyl (C=O) groups excluding carboxylic acids is 1. The summed E-state index contributed by atoms with van der Waals surface area (Å²) < 4.78 is 0. The summed E-state index contributed by atoms with van der Waals surface area (Å²) in [5.41, 5.74) is -0.156. The molecule has 2 unspecified atom stereocenters. The Labute approximate surface area is 111 Å². The SMILES string of the molecule is CC(NC1CCCN(C)CC1)C(=O)NC(C)(C)C. The molecule has 18 heavy (non-hydrogen) atoms. The maximum Gasteiger partial charge on any atom is 0.237 e. The first kappa shape index (κ1) is 15.4. The van der Waals surface area contributed by atoms with Crippen molar-refractivity contribution in [1.82, 2.24) is 15.5 Å². The number of nitrogens with one attached hydrogen (secondary N) is 2. The van der Waals surface area contributed by atoms with Crippen molar-refractivity contribution in [2.45, 2.75) is 64.6 Å². The molecule has 0 radical (unpaired) electrons. The molecule has 1 amide bonds. The van der Waals surface area contributed by atoms with Gasteiger partial charge in [-0.05, 0) is 67.1 Å². The fourth-order valence-electron chi connectivity index (χ4n) is 2.31. The smallest absolute Gasteiger partial charge is 0.237 e. The summed E-state index contributed by atoms with van der Waals surface area (Å²) in [6.07, 6.45) is 3.50. The fourth-order valence-corrected chi connectivity index (χ4v) is 2.31. The van der Waals surface area contributed by atoms with Gasteiger partial charge in [-0.25, -0.2) is 0 Å². The second-order valence-corrected chi connectivity index (χ2v) is 6.56. The van der Waals surface area contributed by atoms with E-state index in [1.54, 1.807) is 0 Å². The van der Waals surface area contributed by atoms with Gasteiger partial charge in [-0.3, -0.25) is 4.79 Å². The first-order chi connectivity index (χ1) is 8.28. The summed E-state index contributed by atoms with van der Waals surface area (Å²) in [5.74, 6) is 0.0973. The summed E-state index contributed by atoms with van der Waals surface area (Å²) in [6.45, 7) is 10.3. The second-order valence-electron chi connectivity index (χ2n) is 6.56. The van der Waals surface area contributed by atoms with Gasteiger partial charge >= 0.3 is 0 Å². The zero-order valence-electron chi connectivity index (χ0n) is 12.5. The Morgan fingerprint density at radius 2 is 1.94 bits per heavy atom. The van der Waals surface area contributed by atoms with Crippen molar-refractivity contribution in [3.8, 4) is 0 Å². The Morgan fingerprint density at radius 1 is 1.28 bits per heavy atom. The molecule has 4 heteroatoms. The van der Waals surface area contributed by atoms with Crippen molar-refractivity contribution in [2.24, 2.45) is 0 Å². The molecule has 0 saturated carbocycles. The molecule has 0 spiro atoms. The van der Waals surface area contributed by atoms with Crippen molar-refractivity contribution in [1.29, 1.82) is 0 Å². The van der Waals surface area contributed by atoms with Crippen molar-refractivity contribution >= 4 is 5.91 Å². The van der Waals surface area contributed by atoms with Crippen LogP contribution < -0.4 is 10.6 Å². The average molecular weight is 255 g/mol. The lowest BCUT2D eigenvalue weighted by Gasteiger charge is -2.26. The minimum atomic E-state index is -0.156. The zero-order chi connectivity index (χ0) is 13.8. The number of rotatable bonds is 3. The van der Waals surface area contributed by atoms with E-state index in [2.05, 4.69) is 22.6 Å². The lowest BCUT2D eigenvalue weighted by Crippen LogP contribution is -2.51. The first-order valence-electron chi connectivity index (χ1n) is 7.04. The van der Waals surface area contributed by atoms with Gasteiger partial charge in [0.05, 0.1) is 6.04 Å². The highest BCUT2D eigenvalue weighted by Crippen LogP contribution is 2.10. The molecule has 1 aliphatic rings. The van der Waals surface area contributed by atoms with Crippen LogP contribution in [0.3, 0.4) is 0 Å². The summed E-state index contributed by atoms with van der Waals surface area (Å²) in [7, 11) is 2.16. The number of carbonyl (C=O) groups is 1. The van der Waals surface area contributed by atoms with Crippen LogP contribution in [0.1, 0.15) is 47.0 Å². The molecule has 1 rings (SSSR count). The van der Waals surface area contributed by atoms with E-state index in [1.165, 1.54) is 13.0 Å². The van der Waals surface area contributed by atoms with Crippen LogP contribution >= 0.6 is 0 Å². The summed E-state index contributed by atoms with van der Waals surface area (Å²) in [5, 5.41) is 6.48. The van der Waals surface area contributed by atoms with E-state index in [4.69, 9.17) is 0 Å². The Morgan fingerprint density at radius 3 is 2.56 bits per heavy atom. The van der Waals surface area contributed by atoms with Crippen LogP contribution in [0.4, 0.5) is 0 Å². The maximum atomic E-state index is 12.0. The highest BCUT2D eigenvalue weighted by atomic mass is 16.2. The highest BCUT2D eigenvalue weighted by molar-refractivity contribution is 5.81. The monoisotopic (exact) mass is 255 g/mol. The molecule has 1 aliphatic heterocycles. The predicted octanol–water partition coefficient (Wildman–Crippen LogP) is 1.36. The molecule has 0 aromatic heterocycles. The van der Waals surface area contributed by atoms with Crippen LogP contribution in [0.5, 0.6) is 0 Å². The van der Waals surface area contributed by atoms with E-state index >= 15 is 0 Å². The van der Waals surface area contributed by atoms with Crippen LogP contribution in [0.15, 0.2) is 0 Å². The quantitative estimate of drug-likeness (QED) is 0.800. The largest absolute Gasteiger partial charge is 0.350 e. The lowest BCUT2D eigenvalue weighted by atomic mass is 10.1. The van der Waals surface area contributed by atoms with Gasteiger partial charge < -0.3 is 15.5 Å². The van der Waals surface area contributed by atoms with Crippen LogP contribution in [-0.4, -0.2) is 48.6 Å². The molecule has 1 fully saturated rings. The summed E-state index contributed by atoms with van der Waals surface area (Å²) in [6, 6.07) is 0.355. The van der Waals surface area contributed by atoms with Gasteiger partial charge in [-0.1, -0.05) is 0 Å². The van der Waals surface area contributed by atoms with Gasteiger partial charge in [-0.15, -0.1) is 0 Å². The molecule has 2 N–H and O–H groups in total. The van der Waals surface area contributed by atoms with E-state index in [0.29, 0.717) is 6.04 Å². The lowest BCUT2D eigenvalue weighted by molar-refractivity contribution is -0.124. The van der Waals surface area contributed by atoms with E-state index in [0.717, 1.165) is 19.4 Å². The molecule has 0 bridgehead atoms. The van der Waals surface area contributed by atoms with Crippen LogP contribution in [0, 0.1) is 0 Å². The molecule has 0 aliphatic carbocycles. The standard InChI is InChI=1S/C14H29N3O/c1-11(13(18)16-14(2,3)4)15-12-7-6-9-17(5)10-8-12/h11-12,15H,6-10H2,1-5H3,(H,16,18). The van der Waals surface area contributed by atoms with Crippen molar-refractivity contribution in [2.75, 3.05) is 20.1 Å². The maximum absolute atomic E-state index is 12.0. The van der Waals surface area contributed by atoms with Gasteiger partial charge in [0.2, 0.25) is 5.91 Å². The molecule has 106 valence electrons. The Bertz CT molecular complexity index is 273. The van der Waals surface area contributed by atoms with Crippen molar-refractivity contribution in [3.05, 3.63) is 0 Å². The van der Waals surface area contributed by atoms with Crippen LogP contribution in [0.25, 0.3) is 0 Å². The van der Waals surface area contributed by atoms with E-state index in [9.17, 15) is 4.79 Å². The first-order valence-corrected chi connectivity index (χ1v) is 7.04. The highest BCUT2D eigenvalue weighted by Gasteiger charge is 2.22. The summed E-state index contributed by atoms with van der Waals surface area (Å²) in [4.78, 5) is 14.4. The minimum absolute atomic E-state index is 0.0973. The van der Waals surface area contributed by atoms with Crippen LogP contribution in [0.2, 0.25) is 0 Å². The molecule has 2 atom stereocenters. The topological polar surface area (TPSA) is 44.4 Å². The third-order valence-electron chi connectivity index (χ3n) is 3.33. The predicted molar refractivity (Wildman–Crippen MR) is 75.6 cm³/mol. The van der Waals surface area contributed by atoms with E-state index < -0.39 is 0 Å². The summed E-state index contributed by atoms with van der Waals surface area (Å²) >= 11 is 0. The van der Waals surface area contributed by atoms with Gasteiger partial charge in [0, 0.05) is 11.6 Å². The normalized spacial score (nSPS) is 24.4. The Kier molecular flexibility index (Phi) is 5.60. The number of hydrogen-bond donors (Lipinski definition) is 2. The molecular weight excluding hydrogens is 226 g/mol. The molecule has 4 nitrogen and oxygen atoms in total. The third-order valence-corrected chi connectivity index (χ3v) is 3.33. The number of nitrogens with zero attached hydrogens (tertiary/aromatic N) is 1. The Hall–Kier alpha value is -0.610. The van der Waals surface area contributed by atoms with Gasteiger partial charge in [0.1, 0.15) is 0 Å². The number of likely N-dealkylation sites (tertiary alicyclic amines) is 1. The average Bonchev–Trinajstić information content (AvgIpc) is 2.41. The number of amides is 1. The van der Waals surface area contributed by atoms with Gasteiger partial charge in [0.15, 0.2) is 0 Å². The third kappa shape index (κ3) is 5.83. The number of hydrogen-bond acceptors (Lipinski definition) is 3. The van der Waals surface area contributed by atoms with Crippen molar-refractivity contribution in [3.63, 3.8) is 0 Å². The van der Waals surface area contributed by atoms with E-state index in [1.807, 2.05) is 27.7 Å². The molecule has 1 saturated heterocycles.